The molecule has 2 aromatic heterocycles. The number of hydrogen-bond acceptors (Lipinski definition) is 3. The third kappa shape index (κ3) is 2.28. The molecule has 0 aliphatic rings. The lowest BCUT2D eigenvalue weighted by atomic mass is 10.3. The normalized spacial score (nSPS) is 11.1. The Morgan fingerprint density at radius 2 is 2.41 bits per heavy atom. The van der Waals surface area contributed by atoms with Gasteiger partial charge in [0, 0.05) is 6.20 Å². The molecule has 0 aliphatic heterocycles. The van der Waals surface area contributed by atoms with Crippen LogP contribution in [0.1, 0.15) is 23.0 Å². The fourth-order valence-corrected chi connectivity index (χ4v) is 1.48. The van der Waals surface area contributed by atoms with Crippen LogP contribution < -0.4 is 0 Å². The molecule has 0 aromatic carbocycles. The molecule has 88 valence electrons. The number of imidazole rings is 1. The maximum absolute atomic E-state index is 10.9. The number of ether oxygens (including phenoxy) is 1. The van der Waals surface area contributed by atoms with Crippen molar-refractivity contribution in [1.82, 2.24) is 9.38 Å². The van der Waals surface area contributed by atoms with Crippen LogP contribution in [0.5, 0.6) is 0 Å². The van der Waals surface area contributed by atoms with Crippen molar-refractivity contribution in [3.8, 4) is 0 Å². The summed E-state index contributed by atoms with van der Waals surface area (Å²) in [5, 5.41) is 8.97. The molecule has 0 fully saturated rings. The van der Waals surface area contributed by atoms with Gasteiger partial charge in [0.2, 0.25) is 0 Å². The van der Waals surface area contributed by atoms with Gasteiger partial charge in [-0.1, -0.05) is 0 Å². The summed E-state index contributed by atoms with van der Waals surface area (Å²) in [6.07, 6.45) is 6.40. The summed E-state index contributed by atoms with van der Waals surface area (Å²) in [4.78, 5) is 14.9. The number of fused-ring (bicyclic) bond motifs is 1. The first-order chi connectivity index (χ1) is 8.22. The largest absolute Gasteiger partial charge is 0.501 e. The van der Waals surface area contributed by atoms with Crippen LogP contribution in [0.3, 0.4) is 0 Å². The number of carbonyl (C=O) groups is 1. The summed E-state index contributed by atoms with van der Waals surface area (Å²) in [5.74, 6) is -0.997. The van der Waals surface area contributed by atoms with Crippen molar-refractivity contribution in [3.63, 3.8) is 0 Å². The average molecular weight is 232 g/mol. The van der Waals surface area contributed by atoms with Crippen LogP contribution in [-0.4, -0.2) is 27.1 Å². The quantitative estimate of drug-likeness (QED) is 0.819. The van der Waals surface area contributed by atoms with Gasteiger partial charge in [-0.3, -0.25) is 4.40 Å². The summed E-state index contributed by atoms with van der Waals surface area (Å²) in [5.41, 5.74) is 1.61. The molecule has 2 rings (SSSR count). The highest BCUT2D eigenvalue weighted by atomic mass is 16.5. The first-order valence-electron chi connectivity index (χ1n) is 5.21. The van der Waals surface area contributed by atoms with E-state index in [-0.39, 0.29) is 5.69 Å². The fraction of sp³-hybridized carbons (Fsp3) is 0.167. The smallest absolute Gasteiger partial charge is 0.354 e. The molecule has 0 spiro atoms. The maximum Gasteiger partial charge on any atom is 0.354 e. The molecule has 17 heavy (non-hydrogen) atoms. The molecular formula is C12H12N2O3. The van der Waals surface area contributed by atoms with Gasteiger partial charge in [-0.05, 0) is 30.7 Å². The third-order valence-corrected chi connectivity index (χ3v) is 2.27. The van der Waals surface area contributed by atoms with Gasteiger partial charge in [-0.25, -0.2) is 9.78 Å². The van der Waals surface area contributed by atoms with Gasteiger partial charge in [0.25, 0.3) is 0 Å². The van der Waals surface area contributed by atoms with E-state index in [9.17, 15) is 4.79 Å². The second kappa shape index (κ2) is 4.69. The van der Waals surface area contributed by atoms with Crippen LogP contribution in [0, 0.1) is 0 Å². The Bertz CT molecular complexity index is 572. The molecule has 0 bridgehead atoms. The Morgan fingerprint density at radius 3 is 3.12 bits per heavy atom. The van der Waals surface area contributed by atoms with Crippen molar-refractivity contribution in [2.45, 2.75) is 6.92 Å². The minimum absolute atomic E-state index is 0.145. The first kappa shape index (κ1) is 11.2. The lowest BCUT2D eigenvalue weighted by molar-refractivity contribution is 0.0689. The number of aromatic carboxylic acids is 1. The van der Waals surface area contributed by atoms with E-state index < -0.39 is 5.97 Å². The van der Waals surface area contributed by atoms with E-state index in [1.54, 1.807) is 24.6 Å². The molecule has 0 unspecified atom stereocenters. The SMILES string of the molecule is CCOC=Cc1ccc2ncc(C(=O)O)n2c1. The summed E-state index contributed by atoms with van der Waals surface area (Å²) >= 11 is 0. The van der Waals surface area contributed by atoms with E-state index in [2.05, 4.69) is 4.98 Å². The lowest BCUT2D eigenvalue weighted by Crippen LogP contribution is -2.01. The number of carboxylic acid groups (broad SMARTS) is 1. The van der Waals surface area contributed by atoms with E-state index >= 15 is 0 Å². The molecule has 0 aliphatic carbocycles. The summed E-state index contributed by atoms with van der Waals surface area (Å²) in [6, 6.07) is 3.61. The van der Waals surface area contributed by atoms with Crippen LogP contribution in [0.25, 0.3) is 11.7 Å². The van der Waals surface area contributed by atoms with Gasteiger partial charge in [0.1, 0.15) is 5.65 Å². The topological polar surface area (TPSA) is 63.8 Å². The van der Waals surface area contributed by atoms with Gasteiger partial charge in [0.05, 0.1) is 19.1 Å². The van der Waals surface area contributed by atoms with Crippen LogP contribution in [-0.2, 0) is 4.74 Å². The molecule has 0 amide bonds. The highest BCUT2D eigenvalue weighted by Crippen LogP contribution is 2.10. The molecule has 0 saturated heterocycles. The number of hydrogen-bond donors (Lipinski definition) is 1. The second-order valence-electron chi connectivity index (χ2n) is 3.40. The Labute approximate surface area is 98.0 Å². The lowest BCUT2D eigenvalue weighted by Gasteiger charge is -1.99. The minimum Gasteiger partial charge on any atom is -0.501 e. The number of aromatic nitrogens is 2. The molecule has 2 heterocycles. The van der Waals surface area contributed by atoms with Gasteiger partial charge in [-0.2, -0.15) is 0 Å². The maximum atomic E-state index is 10.9. The zero-order valence-corrected chi connectivity index (χ0v) is 9.33. The summed E-state index contributed by atoms with van der Waals surface area (Å²) in [7, 11) is 0. The third-order valence-electron chi connectivity index (χ3n) is 2.27. The van der Waals surface area contributed by atoms with Crippen molar-refractivity contribution < 1.29 is 14.6 Å². The molecule has 5 nitrogen and oxygen atoms in total. The van der Waals surface area contributed by atoms with E-state index in [4.69, 9.17) is 9.84 Å². The Morgan fingerprint density at radius 1 is 1.59 bits per heavy atom. The van der Waals surface area contributed by atoms with Crippen molar-refractivity contribution in [1.29, 1.82) is 0 Å². The Kier molecular flexibility index (Phi) is 3.09. The Balaban J connectivity index is 2.41. The highest BCUT2D eigenvalue weighted by molar-refractivity contribution is 5.86. The predicted octanol–water partition coefficient (Wildman–Crippen LogP) is 2.04. The monoisotopic (exact) mass is 232 g/mol. The Hall–Kier alpha value is -2.30. The van der Waals surface area contributed by atoms with Gasteiger partial charge in [-0.15, -0.1) is 0 Å². The minimum atomic E-state index is -0.997. The van der Waals surface area contributed by atoms with Crippen LogP contribution in [0.15, 0.2) is 30.8 Å². The van der Waals surface area contributed by atoms with Crippen LogP contribution in [0.2, 0.25) is 0 Å². The molecule has 2 aromatic rings. The van der Waals surface area contributed by atoms with Gasteiger partial charge in [0.15, 0.2) is 5.69 Å². The van der Waals surface area contributed by atoms with E-state index in [0.29, 0.717) is 12.3 Å². The van der Waals surface area contributed by atoms with Gasteiger partial charge < -0.3 is 9.84 Å². The second-order valence-corrected chi connectivity index (χ2v) is 3.40. The van der Waals surface area contributed by atoms with Crippen molar-refractivity contribution in [3.05, 3.63) is 42.0 Å². The molecule has 0 saturated carbocycles. The van der Waals surface area contributed by atoms with E-state index in [1.807, 2.05) is 13.0 Å². The predicted molar refractivity (Wildman–Crippen MR) is 62.8 cm³/mol. The van der Waals surface area contributed by atoms with E-state index in [1.165, 1.54) is 10.6 Å². The fourth-order valence-electron chi connectivity index (χ4n) is 1.48. The van der Waals surface area contributed by atoms with Crippen molar-refractivity contribution in [2.75, 3.05) is 6.61 Å². The standard InChI is InChI=1S/C12H12N2O3/c1-2-17-6-5-9-3-4-11-13-7-10(12(15)16)14(11)8-9/h3-8H,2H2,1H3,(H,15,16). The first-order valence-corrected chi connectivity index (χ1v) is 5.21. The molecular weight excluding hydrogens is 220 g/mol. The molecule has 0 atom stereocenters. The summed E-state index contributed by atoms with van der Waals surface area (Å²) < 4.78 is 6.62. The molecule has 0 radical (unpaired) electrons. The van der Waals surface area contributed by atoms with Crippen LogP contribution >= 0.6 is 0 Å². The number of nitrogens with zero attached hydrogens (tertiary/aromatic N) is 2. The average Bonchev–Trinajstić information content (AvgIpc) is 2.72. The van der Waals surface area contributed by atoms with E-state index in [0.717, 1.165) is 5.56 Å². The highest BCUT2D eigenvalue weighted by Gasteiger charge is 2.09. The number of carboxylic acids is 1. The molecule has 5 heteroatoms. The molecule has 1 N–H and O–H groups in total. The van der Waals surface area contributed by atoms with Crippen LogP contribution in [0.4, 0.5) is 0 Å². The summed E-state index contributed by atoms with van der Waals surface area (Å²) in [6.45, 7) is 2.50. The number of rotatable bonds is 4. The zero-order chi connectivity index (χ0) is 12.3. The zero-order valence-electron chi connectivity index (χ0n) is 9.33. The van der Waals surface area contributed by atoms with Gasteiger partial charge >= 0.3 is 5.97 Å². The number of pyridine rings is 1. The van der Waals surface area contributed by atoms with Crippen molar-refractivity contribution >= 4 is 17.7 Å². The van der Waals surface area contributed by atoms with Crippen molar-refractivity contribution in [2.24, 2.45) is 0 Å².